The summed E-state index contributed by atoms with van der Waals surface area (Å²) in [5.41, 5.74) is 3.54. The maximum absolute atomic E-state index is 11.0. The molecule has 0 atom stereocenters. The highest BCUT2D eigenvalue weighted by Gasteiger charge is 2.10. The summed E-state index contributed by atoms with van der Waals surface area (Å²) in [5, 5.41) is 0. The molecule has 0 saturated carbocycles. The Bertz CT molecular complexity index is 626. The summed E-state index contributed by atoms with van der Waals surface area (Å²) in [6.07, 6.45) is 3.55. The molecule has 1 aromatic heterocycles. The van der Waals surface area contributed by atoms with Crippen LogP contribution in [0.4, 0.5) is 5.69 Å². The number of amides is 1. The fourth-order valence-corrected chi connectivity index (χ4v) is 2.13. The van der Waals surface area contributed by atoms with Crippen molar-refractivity contribution in [2.24, 2.45) is 0 Å². The number of nitrogens with zero attached hydrogens (tertiary/aromatic N) is 2. The average Bonchev–Trinajstić information content (AvgIpc) is 2.53. The van der Waals surface area contributed by atoms with Gasteiger partial charge in [0.25, 0.3) is 0 Å². The second kappa shape index (κ2) is 6.88. The van der Waals surface area contributed by atoms with Crippen molar-refractivity contribution in [3.8, 4) is 16.9 Å². The number of carbonyl (C=O) groups is 1. The number of carbonyl (C=O) groups excluding carboxylic acids is 1. The zero-order chi connectivity index (χ0) is 15.2. The number of hydrogen-bond donors (Lipinski definition) is 0. The fraction of sp³-hybridized carbons (Fsp3) is 0.294. The van der Waals surface area contributed by atoms with E-state index in [9.17, 15) is 4.79 Å². The van der Waals surface area contributed by atoms with Gasteiger partial charge in [0.1, 0.15) is 5.75 Å². The summed E-state index contributed by atoms with van der Waals surface area (Å²) in [6.45, 7) is 4.64. The van der Waals surface area contributed by atoms with Gasteiger partial charge in [0.2, 0.25) is 6.41 Å². The van der Waals surface area contributed by atoms with E-state index >= 15 is 0 Å². The molecule has 2 aromatic rings. The van der Waals surface area contributed by atoms with Crippen LogP contribution in [-0.4, -0.2) is 25.0 Å². The van der Waals surface area contributed by atoms with E-state index < -0.39 is 0 Å². The molecule has 0 aliphatic carbocycles. The largest absolute Gasteiger partial charge is 0.493 e. The normalized spacial score (nSPS) is 10.2. The van der Waals surface area contributed by atoms with Crippen LogP contribution in [0.5, 0.6) is 5.75 Å². The van der Waals surface area contributed by atoms with Gasteiger partial charge in [-0.25, -0.2) is 0 Å². The monoisotopic (exact) mass is 284 g/mol. The highest BCUT2D eigenvalue weighted by molar-refractivity contribution is 5.80. The number of benzene rings is 1. The summed E-state index contributed by atoms with van der Waals surface area (Å²) >= 11 is 0. The van der Waals surface area contributed by atoms with Crippen LogP contribution in [0.1, 0.15) is 19.0 Å². The summed E-state index contributed by atoms with van der Waals surface area (Å²) in [5.74, 6) is 0.838. The highest BCUT2D eigenvalue weighted by Crippen LogP contribution is 2.32. The van der Waals surface area contributed by atoms with E-state index in [0.29, 0.717) is 6.61 Å². The molecule has 0 bridgehead atoms. The van der Waals surface area contributed by atoms with Crippen LogP contribution >= 0.6 is 0 Å². The van der Waals surface area contributed by atoms with Crippen LogP contribution in [0.25, 0.3) is 11.1 Å². The van der Waals surface area contributed by atoms with Crippen molar-refractivity contribution >= 4 is 12.1 Å². The lowest BCUT2D eigenvalue weighted by atomic mass is 10.1. The van der Waals surface area contributed by atoms with E-state index in [2.05, 4.69) is 11.9 Å². The van der Waals surface area contributed by atoms with Gasteiger partial charge in [0.05, 0.1) is 18.0 Å². The zero-order valence-corrected chi connectivity index (χ0v) is 12.7. The van der Waals surface area contributed by atoms with Crippen LogP contribution < -0.4 is 9.64 Å². The molecule has 0 aliphatic rings. The standard InChI is InChI=1S/C17H20N2O2/c1-4-9-21-17-8-6-5-7-15(17)14-10-16(19(3)12-20)13(2)18-11-14/h5-8,10-12H,4,9H2,1-3H3. The molecule has 0 saturated heterocycles. The molecule has 110 valence electrons. The van der Waals surface area contributed by atoms with Crippen molar-refractivity contribution < 1.29 is 9.53 Å². The number of ether oxygens (including phenoxy) is 1. The number of rotatable bonds is 6. The quantitative estimate of drug-likeness (QED) is 0.763. The fourth-order valence-electron chi connectivity index (χ4n) is 2.13. The number of para-hydroxylation sites is 1. The molecule has 2 rings (SSSR count). The third-order valence-corrected chi connectivity index (χ3v) is 3.26. The molecule has 4 nitrogen and oxygen atoms in total. The second-order valence-corrected chi connectivity index (χ2v) is 4.89. The van der Waals surface area contributed by atoms with E-state index in [0.717, 1.165) is 41.1 Å². The number of aromatic nitrogens is 1. The Morgan fingerprint density at radius 2 is 2.10 bits per heavy atom. The van der Waals surface area contributed by atoms with E-state index in [4.69, 9.17) is 4.74 Å². The van der Waals surface area contributed by atoms with E-state index in [1.54, 1.807) is 7.05 Å². The molecule has 1 aromatic carbocycles. The Morgan fingerprint density at radius 3 is 2.81 bits per heavy atom. The molecular formula is C17H20N2O2. The van der Waals surface area contributed by atoms with Crippen LogP contribution in [0.2, 0.25) is 0 Å². The van der Waals surface area contributed by atoms with Gasteiger partial charge in [-0.15, -0.1) is 0 Å². The molecule has 1 heterocycles. The van der Waals surface area contributed by atoms with Crippen LogP contribution in [0.15, 0.2) is 36.5 Å². The van der Waals surface area contributed by atoms with E-state index in [1.807, 2.05) is 43.5 Å². The van der Waals surface area contributed by atoms with Crippen LogP contribution in [0, 0.1) is 6.92 Å². The van der Waals surface area contributed by atoms with Gasteiger partial charge in [0, 0.05) is 24.4 Å². The third kappa shape index (κ3) is 3.40. The first-order valence-electron chi connectivity index (χ1n) is 7.04. The topological polar surface area (TPSA) is 42.4 Å². The minimum atomic E-state index is 0.678. The summed E-state index contributed by atoms with van der Waals surface area (Å²) in [6, 6.07) is 9.84. The molecular weight excluding hydrogens is 264 g/mol. The number of anilines is 1. The van der Waals surface area contributed by atoms with Crippen LogP contribution in [0.3, 0.4) is 0 Å². The van der Waals surface area contributed by atoms with Gasteiger partial charge in [-0.3, -0.25) is 9.78 Å². The first-order valence-corrected chi connectivity index (χ1v) is 7.04. The van der Waals surface area contributed by atoms with Crippen molar-refractivity contribution in [3.05, 3.63) is 42.2 Å². The van der Waals surface area contributed by atoms with Crippen molar-refractivity contribution in [2.75, 3.05) is 18.6 Å². The summed E-state index contributed by atoms with van der Waals surface area (Å²) < 4.78 is 5.79. The van der Waals surface area contributed by atoms with Gasteiger partial charge in [-0.05, 0) is 25.5 Å². The van der Waals surface area contributed by atoms with Crippen LogP contribution in [-0.2, 0) is 4.79 Å². The van der Waals surface area contributed by atoms with Gasteiger partial charge in [-0.2, -0.15) is 0 Å². The lowest BCUT2D eigenvalue weighted by Gasteiger charge is -2.16. The lowest BCUT2D eigenvalue weighted by molar-refractivity contribution is -0.107. The maximum Gasteiger partial charge on any atom is 0.213 e. The summed E-state index contributed by atoms with van der Waals surface area (Å²) in [7, 11) is 1.72. The van der Waals surface area contributed by atoms with Crippen molar-refractivity contribution in [3.63, 3.8) is 0 Å². The first-order chi connectivity index (χ1) is 10.2. The van der Waals surface area contributed by atoms with Gasteiger partial charge in [0.15, 0.2) is 0 Å². The van der Waals surface area contributed by atoms with Crippen molar-refractivity contribution in [2.45, 2.75) is 20.3 Å². The molecule has 4 heteroatoms. The second-order valence-electron chi connectivity index (χ2n) is 4.89. The Hall–Kier alpha value is -2.36. The van der Waals surface area contributed by atoms with Crippen molar-refractivity contribution in [1.82, 2.24) is 4.98 Å². The van der Waals surface area contributed by atoms with E-state index in [-0.39, 0.29) is 0 Å². The molecule has 21 heavy (non-hydrogen) atoms. The minimum absolute atomic E-state index is 0.678. The number of aryl methyl sites for hydroxylation is 1. The molecule has 0 N–H and O–H groups in total. The van der Waals surface area contributed by atoms with Gasteiger partial charge in [-0.1, -0.05) is 25.1 Å². The first kappa shape index (κ1) is 15.0. The Balaban J connectivity index is 2.45. The number of hydrogen-bond acceptors (Lipinski definition) is 3. The average molecular weight is 284 g/mol. The lowest BCUT2D eigenvalue weighted by Crippen LogP contribution is -2.15. The molecule has 1 amide bonds. The molecule has 0 fully saturated rings. The smallest absolute Gasteiger partial charge is 0.213 e. The Morgan fingerprint density at radius 1 is 1.33 bits per heavy atom. The Kier molecular flexibility index (Phi) is 4.93. The third-order valence-electron chi connectivity index (χ3n) is 3.26. The zero-order valence-electron chi connectivity index (χ0n) is 12.7. The SMILES string of the molecule is CCCOc1ccccc1-c1cnc(C)c(N(C)C=O)c1. The highest BCUT2D eigenvalue weighted by atomic mass is 16.5. The molecule has 0 unspecified atom stereocenters. The Labute approximate surface area is 125 Å². The van der Waals surface area contributed by atoms with Gasteiger partial charge >= 0.3 is 0 Å². The minimum Gasteiger partial charge on any atom is -0.493 e. The summed E-state index contributed by atoms with van der Waals surface area (Å²) in [4.78, 5) is 16.9. The maximum atomic E-state index is 11.0. The van der Waals surface area contributed by atoms with Gasteiger partial charge < -0.3 is 9.64 Å². The predicted octanol–water partition coefficient (Wildman–Crippen LogP) is 3.44. The molecule has 0 spiro atoms. The van der Waals surface area contributed by atoms with Crippen molar-refractivity contribution in [1.29, 1.82) is 0 Å². The predicted molar refractivity (Wildman–Crippen MR) is 84.7 cm³/mol. The number of pyridine rings is 1. The van der Waals surface area contributed by atoms with E-state index in [1.165, 1.54) is 4.90 Å². The molecule has 0 aliphatic heterocycles. The molecule has 0 radical (unpaired) electrons.